The van der Waals surface area contributed by atoms with Gasteiger partial charge in [-0.05, 0) is 0 Å². The Balaban J connectivity index is 0.00000128. The minimum Gasteiger partial charge on any atom is -0.137 e. The van der Waals surface area contributed by atoms with Gasteiger partial charge in [0.2, 0.25) is 0 Å². The molecule has 0 aliphatic heterocycles. The van der Waals surface area contributed by atoms with Crippen molar-refractivity contribution >= 4 is 11.6 Å². The number of hydrogen-bond acceptors (Lipinski definition) is 0. The molecule has 2 rings (SSSR count). The van der Waals surface area contributed by atoms with Crippen molar-refractivity contribution in [2.45, 2.75) is 6.92 Å². The Hall–Kier alpha value is -0.737. The van der Waals surface area contributed by atoms with Crippen LogP contribution in [-0.4, -0.2) is 5.88 Å². The number of allylic oxidation sites excluding steroid dienone is 9. The second-order valence-electron chi connectivity index (χ2n) is 3.51. The van der Waals surface area contributed by atoms with Crippen molar-refractivity contribution in [3.05, 3.63) is 70.9 Å². The second kappa shape index (κ2) is 6.11. The van der Waals surface area contributed by atoms with Crippen LogP contribution in [0.15, 0.2) is 65.0 Å². The van der Waals surface area contributed by atoms with Gasteiger partial charge >= 0.3 is 0 Å². The minimum atomic E-state index is 0. The Morgan fingerprint density at radius 2 is 2.00 bits per heavy atom. The van der Waals surface area contributed by atoms with E-state index in [1.165, 1.54) is 17.1 Å². The normalized spacial score (nSPS) is 24.1. The molecule has 2 bridgehead atoms. The maximum atomic E-state index is 5.94. The zero-order valence-electron chi connectivity index (χ0n) is 8.96. The molecule has 0 saturated heterocycles. The molecule has 0 aromatic heterocycles. The third-order valence-electron chi connectivity index (χ3n) is 2.61. The summed E-state index contributed by atoms with van der Waals surface area (Å²) in [5, 5.41) is 0. The van der Waals surface area contributed by atoms with Crippen LogP contribution in [-0.2, 0) is 19.5 Å². The van der Waals surface area contributed by atoms with Gasteiger partial charge in [-0.25, -0.2) is 0 Å². The van der Waals surface area contributed by atoms with E-state index in [2.05, 4.69) is 37.0 Å². The number of rotatable bonds is 1. The summed E-state index contributed by atoms with van der Waals surface area (Å²) in [4.78, 5) is 0. The standard InChI is InChI=1S/C14H12Cl.Rh/c1-11-12-6-3-2-4-9-14(11)13(10-15)8-5-7-12;/h3-9H,10H2,1H3;/q-1;/b12-6-,14-9+;. The molecule has 0 aromatic carbocycles. The fourth-order valence-electron chi connectivity index (χ4n) is 1.73. The molecule has 0 heterocycles. The average Bonchev–Trinajstić information content (AvgIpc) is 2.41. The van der Waals surface area contributed by atoms with Gasteiger partial charge in [-0.15, -0.1) is 58.7 Å². The fourth-order valence-corrected chi connectivity index (χ4v) is 1.97. The van der Waals surface area contributed by atoms with E-state index in [0.717, 1.165) is 5.57 Å². The summed E-state index contributed by atoms with van der Waals surface area (Å²) in [5.74, 6) is 1.81. The van der Waals surface area contributed by atoms with Crippen molar-refractivity contribution in [2.75, 3.05) is 5.88 Å². The van der Waals surface area contributed by atoms with E-state index in [1.807, 2.05) is 18.2 Å². The fraction of sp³-hybridized carbons (Fsp3) is 0.143. The second-order valence-corrected chi connectivity index (χ2v) is 3.78. The van der Waals surface area contributed by atoms with Gasteiger partial charge in [0.05, 0.1) is 0 Å². The number of fused-ring (bicyclic) bond motifs is 2. The van der Waals surface area contributed by atoms with Gasteiger partial charge in [-0.1, -0.05) is 30.7 Å². The van der Waals surface area contributed by atoms with E-state index in [-0.39, 0.29) is 19.5 Å². The zero-order chi connectivity index (χ0) is 10.7. The first-order chi connectivity index (χ1) is 7.33. The summed E-state index contributed by atoms with van der Waals surface area (Å²) >= 11 is 5.94. The van der Waals surface area contributed by atoms with Crippen LogP contribution >= 0.6 is 11.6 Å². The van der Waals surface area contributed by atoms with Crippen LogP contribution in [0.2, 0.25) is 0 Å². The molecule has 2 aliphatic carbocycles. The molecule has 0 atom stereocenters. The van der Waals surface area contributed by atoms with Gasteiger partial charge in [-0.3, -0.25) is 0 Å². The first kappa shape index (κ1) is 13.3. The minimum absolute atomic E-state index is 0. The zero-order valence-corrected chi connectivity index (χ0v) is 11.4. The number of hydrogen-bond donors (Lipinski definition) is 0. The topological polar surface area (TPSA) is 0 Å². The van der Waals surface area contributed by atoms with Gasteiger partial charge in [0.1, 0.15) is 0 Å². The van der Waals surface area contributed by atoms with Crippen LogP contribution in [0, 0.1) is 5.92 Å². The third-order valence-corrected chi connectivity index (χ3v) is 2.89. The summed E-state index contributed by atoms with van der Waals surface area (Å²) in [5.41, 5.74) is 6.68. The molecule has 0 saturated carbocycles. The van der Waals surface area contributed by atoms with Crippen LogP contribution in [0.5, 0.6) is 0 Å². The Kier molecular flexibility index (Phi) is 5.09. The van der Waals surface area contributed by atoms with E-state index in [9.17, 15) is 0 Å². The first-order valence-corrected chi connectivity index (χ1v) is 5.47. The molecule has 85 valence electrons. The summed E-state index contributed by atoms with van der Waals surface area (Å²) in [6, 6.07) is 0. The van der Waals surface area contributed by atoms with E-state index in [1.54, 1.807) is 0 Å². The first-order valence-electron chi connectivity index (χ1n) is 4.94. The maximum Gasteiger partial charge on any atom is 0.0209 e. The summed E-state index contributed by atoms with van der Waals surface area (Å²) < 4.78 is 0. The largest absolute Gasteiger partial charge is 0.137 e. The number of alkyl halides is 1. The molecule has 0 unspecified atom stereocenters. The molecule has 16 heavy (non-hydrogen) atoms. The van der Waals surface area contributed by atoms with Gasteiger partial charge in [0.25, 0.3) is 0 Å². The predicted molar refractivity (Wildman–Crippen MR) is 65.7 cm³/mol. The molecule has 0 amide bonds. The molecule has 0 nitrogen and oxygen atoms in total. The van der Waals surface area contributed by atoms with E-state index < -0.39 is 0 Å². The Labute approximate surface area is 115 Å². The Bertz CT molecular complexity index is 443. The third kappa shape index (κ3) is 2.68. The Morgan fingerprint density at radius 1 is 1.25 bits per heavy atom. The van der Waals surface area contributed by atoms with Gasteiger partial charge < -0.3 is 0 Å². The van der Waals surface area contributed by atoms with Gasteiger partial charge in [0, 0.05) is 25.4 Å². The Morgan fingerprint density at radius 3 is 2.75 bits per heavy atom. The molecule has 2 aliphatic rings. The summed E-state index contributed by atoms with van der Waals surface area (Å²) in [7, 11) is 0. The monoisotopic (exact) mass is 318 g/mol. The molecule has 1 radical (unpaired) electrons. The van der Waals surface area contributed by atoms with E-state index >= 15 is 0 Å². The van der Waals surface area contributed by atoms with Crippen molar-refractivity contribution in [3.63, 3.8) is 0 Å². The van der Waals surface area contributed by atoms with Crippen molar-refractivity contribution < 1.29 is 19.5 Å². The molecular weight excluding hydrogens is 307 g/mol. The predicted octanol–water partition coefficient (Wildman–Crippen LogP) is 3.89. The summed E-state index contributed by atoms with van der Waals surface area (Å²) in [6.45, 7) is 2.13. The maximum absolute atomic E-state index is 5.94. The summed E-state index contributed by atoms with van der Waals surface area (Å²) in [6.07, 6.45) is 14.2. The number of halogens is 1. The molecule has 0 N–H and O–H groups in total. The average molecular weight is 319 g/mol. The van der Waals surface area contributed by atoms with Crippen LogP contribution in [0.1, 0.15) is 6.92 Å². The van der Waals surface area contributed by atoms with Crippen LogP contribution < -0.4 is 0 Å². The van der Waals surface area contributed by atoms with Crippen LogP contribution in [0.4, 0.5) is 0 Å². The molecule has 0 aromatic rings. The van der Waals surface area contributed by atoms with E-state index in [0.29, 0.717) is 5.88 Å². The quantitative estimate of drug-likeness (QED) is 0.298. The van der Waals surface area contributed by atoms with Crippen molar-refractivity contribution in [1.82, 2.24) is 0 Å². The van der Waals surface area contributed by atoms with Gasteiger partial charge in [-0.2, -0.15) is 0 Å². The molecule has 2 heteroatoms. The van der Waals surface area contributed by atoms with Crippen molar-refractivity contribution in [3.8, 4) is 0 Å². The van der Waals surface area contributed by atoms with E-state index in [4.69, 9.17) is 11.6 Å². The van der Waals surface area contributed by atoms with Crippen LogP contribution in [0.25, 0.3) is 0 Å². The smallest absolute Gasteiger partial charge is 0.0209 e. The van der Waals surface area contributed by atoms with Gasteiger partial charge in [0.15, 0.2) is 0 Å². The van der Waals surface area contributed by atoms with Crippen LogP contribution in [0.3, 0.4) is 0 Å². The molecule has 0 fully saturated rings. The SMILES string of the molecule is C[C-]1/C2=C\C=C=C/C=C\1C(CCl)=CC=C2.[Rh]. The van der Waals surface area contributed by atoms with Crippen molar-refractivity contribution in [2.24, 2.45) is 0 Å². The molecular formula is C14H12ClRh-. The molecule has 0 spiro atoms. The van der Waals surface area contributed by atoms with Crippen molar-refractivity contribution in [1.29, 1.82) is 0 Å².